The summed E-state index contributed by atoms with van der Waals surface area (Å²) in [4.78, 5) is 15.4. The Balaban J connectivity index is 1.38. The second-order valence-corrected chi connectivity index (χ2v) is 10.2. The van der Waals surface area contributed by atoms with Crippen LogP contribution < -0.4 is 0 Å². The number of benzene rings is 3. The zero-order chi connectivity index (χ0) is 24.4. The average Bonchev–Trinajstić information content (AvgIpc) is 3.44. The van der Waals surface area contributed by atoms with Crippen molar-refractivity contribution in [1.82, 2.24) is 19.7 Å². The number of carbonyl (C=O) groups is 1. The standard InChI is InChI=1S/C29H30N4OS/c1-4-26(32(2)3)28-30-31-29(33(28)18-20-10-6-5-7-11-20)35-19-27(34)23-15-14-22-16-21-12-8-9-13-24(21)25(22)17-23/h5-15,17,26H,4,16,18-19H2,1-3H3. The van der Waals surface area contributed by atoms with Gasteiger partial charge in [-0.25, -0.2) is 0 Å². The van der Waals surface area contributed by atoms with Crippen molar-refractivity contribution in [2.45, 2.75) is 37.5 Å². The van der Waals surface area contributed by atoms with Gasteiger partial charge in [0, 0.05) is 5.56 Å². The largest absolute Gasteiger partial charge is 0.300 e. The van der Waals surface area contributed by atoms with E-state index < -0.39 is 0 Å². The second-order valence-electron chi connectivity index (χ2n) is 9.22. The number of fused-ring (bicyclic) bond motifs is 3. The molecular formula is C29H30N4OS. The minimum Gasteiger partial charge on any atom is -0.300 e. The molecular weight excluding hydrogens is 452 g/mol. The lowest BCUT2D eigenvalue weighted by atomic mass is 10.0. The lowest BCUT2D eigenvalue weighted by Crippen LogP contribution is -2.23. The molecule has 1 aromatic heterocycles. The van der Waals surface area contributed by atoms with Gasteiger partial charge in [0.05, 0.1) is 18.3 Å². The summed E-state index contributed by atoms with van der Waals surface area (Å²) in [6.45, 7) is 2.84. The molecule has 0 radical (unpaired) electrons. The van der Waals surface area contributed by atoms with Crippen molar-refractivity contribution >= 4 is 17.5 Å². The molecule has 5 nitrogen and oxygen atoms in total. The monoisotopic (exact) mass is 482 g/mol. The third-order valence-electron chi connectivity index (χ3n) is 6.69. The minimum atomic E-state index is 0.109. The first-order valence-electron chi connectivity index (χ1n) is 12.1. The topological polar surface area (TPSA) is 51.0 Å². The van der Waals surface area contributed by atoms with Crippen LogP contribution in [0, 0.1) is 0 Å². The number of aromatic nitrogens is 3. The van der Waals surface area contributed by atoms with E-state index in [1.807, 2.05) is 24.3 Å². The highest BCUT2D eigenvalue weighted by molar-refractivity contribution is 7.99. The lowest BCUT2D eigenvalue weighted by Gasteiger charge is -2.23. The first-order valence-corrected chi connectivity index (χ1v) is 13.0. The Labute approximate surface area is 211 Å². The predicted molar refractivity (Wildman–Crippen MR) is 142 cm³/mol. The number of Topliss-reactive ketones (excluding diaryl/α,β-unsaturated/α-hetero) is 1. The van der Waals surface area contributed by atoms with Crippen molar-refractivity contribution in [2.24, 2.45) is 0 Å². The molecule has 1 heterocycles. The predicted octanol–water partition coefficient (Wildman–Crippen LogP) is 5.89. The maximum atomic E-state index is 13.2. The molecule has 1 aliphatic rings. The van der Waals surface area contributed by atoms with Crippen LogP contribution >= 0.6 is 11.8 Å². The van der Waals surface area contributed by atoms with Gasteiger partial charge in [0.25, 0.3) is 0 Å². The normalized spacial score (nSPS) is 13.0. The summed E-state index contributed by atoms with van der Waals surface area (Å²) in [5.74, 6) is 1.37. The van der Waals surface area contributed by atoms with Gasteiger partial charge in [-0.3, -0.25) is 9.69 Å². The van der Waals surface area contributed by atoms with E-state index in [1.165, 1.54) is 39.6 Å². The molecule has 3 aromatic carbocycles. The summed E-state index contributed by atoms with van der Waals surface area (Å²) in [6, 6.07) is 25.1. The first kappa shape index (κ1) is 23.5. The SMILES string of the molecule is CCC(c1nnc(SCC(=O)c2ccc3c(c2)-c2ccccc2C3)n1Cc1ccccc1)N(C)C. The van der Waals surface area contributed by atoms with Crippen LogP contribution in [0.25, 0.3) is 11.1 Å². The fourth-order valence-electron chi connectivity index (χ4n) is 4.86. The number of thioether (sulfide) groups is 1. The van der Waals surface area contributed by atoms with Crippen LogP contribution in [0.4, 0.5) is 0 Å². The summed E-state index contributed by atoms with van der Waals surface area (Å²) < 4.78 is 2.17. The number of nitrogens with zero attached hydrogens (tertiary/aromatic N) is 4. The number of carbonyl (C=O) groups excluding carboxylic acids is 1. The summed E-state index contributed by atoms with van der Waals surface area (Å²) in [5, 5.41) is 9.86. The zero-order valence-corrected chi connectivity index (χ0v) is 21.3. The molecule has 178 valence electrons. The summed E-state index contributed by atoms with van der Waals surface area (Å²) >= 11 is 1.47. The smallest absolute Gasteiger partial charge is 0.192 e. The molecule has 4 aromatic rings. The van der Waals surface area contributed by atoms with Crippen molar-refractivity contribution in [2.75, 3.05) is 19.8 Å². The molecule has 0 fully saturated rings. The molecule has 0 saturated carbocycles. The van der Waals surface area contributed by atoms with E-state index >= 15 is 0 Å². The third kappa shape index (κ3) is 4.81. The van der Waals surface area contributed by atoms with Crippen molar-refractivity contribution in [1.29, 1.82) is 0 Å². The Morgan fingerprint density at radius 1 is 0.971 bits per heavy atom. The minimum absolute atomic E-state index is 0.109. The summed E-state index contributed by atoms with van der Waals surface area (Å²) in [6.07, 6.45) is 1.87. The molecule has 1 unspecified atom stereocenters. The molecule has 0 N–H and O–H groups in total. The molecule has 1 aliphatic carbocycles. The maximum absolute atomic E-state index is 13.2. The molecule has 6 heteroatoms. The third-order valence-corrected chi connectivity index (χ3v) is 7.66. The Morgan fingerprint density at radius 2 is 1.71 bits per heavy atom. The van der Waals surface area contributed by atoms with Crippen LogP contribution in [0.15, 0.2) is 78.0 Å². The van der Waals surface area contributed by atoms with Gasteiger partial charge < -0.3 is 4.57 Å². The maximum Gasteiger partial charge on any atom is 0.192 e. The van der Waals surface area contributed by atoms with E-state index in [0.29, 0.717) is 12.3 Å². The molecule has 0 amide bonds. The van der Waals surface area contributed by atoms with Crippen LogP contribution in [0.2, 0.25) is 0 Å². The molecule has 35 heavy (non-hydrogen) atoms. The van der Waals surface area contributed by atoms with E-state index in [2.05, 4.69) is 89.2 Å². The van der Waals surface area contributed by atoms with Crippen LogP contribution in [0.3, 0.4) is 0 Å². The highest BCUT2D eigenvalue weighted by Crippen LogP contribution is 2.37. The van der Waals surface area contributed by atoms with Gasteiger partial charge >= 0.3 is 0 Å². The van der Waals surface area contributed by atoms with Crippen molar-refractivity contribution in [3.05, 3.63) is 101 Å². The van der Waals surface area contributed by atoms with E-state index in [4.69, 9.17) is 0 Å². The Kier molecular flexibility index (Phi) is 6.84. The van der Waals surface area contributed by atoms with Gasteiger partial charge in [-0.15, -0.1) is 10.2 Å². The van der Waals surface area contributed by atoms with Gasteiger partial charge in [-0.1, -0.05) is 85.4 Å². The van der Waals surface area contributed by atoms with Crippen molar-refractivity contribution in [3.8, 4) is 11.1 Å². The van der Waals surface area contributed by atoms with E-state index in [0.717, 1.165) is 29.4 Å². The van der Waals surface area contributed by atoms with Crippen LogP contribution in [0.1, 0.15) is 52.3 Å². The molecule has 0 bridgehead atoms. The van der Waals surface area contributed by atoms with Crippen LogP contribution in [-0.4, -0.2) is 45.3 Å². The van der Waals surface area contributed by atoms with Gasteiger partial charge in [0.1, 0.15) is 0 Å². The summed E-state index contributed by atoms with van der Waals surface area (Å²) in [5.41, 5.74) is 6.98. The van der Waals surface area contributed by atoms with E-state index in [9.17, 15) is 4.79 Å². The molecule has 0 spiro atoms. The molecule has 0 saturated heterocycles. The van der Waals surface area contributed by atoms with Crippen molar-refractivity contribution < 1.29 is 4.79 Å². The van der Waals surface area contributed by atoms with E-state index in [-0.39, 0.29) is 11.8 Å². The lowest BCUT2D eigenvalue weighted by molar-refractivity contribution is 0.102. The average molecular weight is 483 g/mol. The number of hydrogen-bond acceptors (Lipinski definition) is 5. The Bertz CT molecular complexity index is 1350. The van der Waals surface area contributed by atoms with Crippen LogP contribution in [-0.2, 0) is 13.0 Å². The quantitative estimate of drug-likeness (QED) is 0.194. The fraction of sp³-hybridized carbons (Fsp3) is 0.276. The van der Waals surface area contributed by atoms with Gasteiger partial charge in [0.15, 0.2) is 16.8 Å². The number of hydrogen-bond donors (Lipinski definition) is 0. The summed E-state index contributed by atoms with van der Waals surface area (Å²) in [7, 11) is 4.14. The number of ketones is 1. The molecule has 0 aliphatic heterocycles. The highest BCUT2D eigenvalue weighted by atomic mass is 32.2. The first-order chi connectivity index (χ1) is 17.0. The Morgan fingerprint density at radius 3 is 2.49 bits per heavy atom. The molecule has 1 atom stereocenters. The zero-order valence-electron chi connectivity index (χ0n) is 20.4. The van der Waals surface area contributed by atoms with Gasteiger partial charge in [-0.05, 0) is 60.8 Å². The second kappa shape index (κ2) is 10.2. The highest BCUT2D eigenvalue weighted by Gasteiger charge is 2.24. The van der Waals surface area contributed by atoms with Gasteiger partial charge in [0.2, 0.25) is 0 Å². The van der Waals surface area contributed by atoms with Gasteiger partial charge in [-0.2, -0.15) is 0 Å². The van der Waals surface area contributed by atoms with Crippen LogP contribution in [0.5, 0.6) is 0 Å². The number of rotatable bonds is 9. The van der Waals surface area contributed by atoms with Crippen molar-refractivity contribution in [3.63, 3.8) is 0 Å². The Hall–Kier alpha value is -3.22. The van der Waals surface area contributed by atoms with E-state index in [1.54, 1.807) is 0 Å². The molecule has 5 rings (SSSR count). The fourth-order valence-corrected chi connectivity index (χ4v) is 5.70.